The van der Waals surface area contributed by atoms with Crippen molar-refractivity contribution >= 4 is 28.9 Å². The number of benzene rings is 1. The van der Waals surface area contributed by atoms with E-state index < -0.39 is 0 Å². The highest BCUT2D eigenvalue weighted by Gasteiger charge is 2.19. The van der Waals surface area contributed by atoms with E-state index in [9.17, 15) is 0 Å². The van der Waals surface area contributed by atoms with E-state index in [4.69, 9.17) is 23.2 Å². The van der Waals surface area contributed by atoms with Gasteiger partial charge in [0.25, 0.3) is 0 Å². The predicted molar refractivity (Wildman–Crippen MR) is 87.6 cm³/mol. The van der Waals surface area contributed by atoms with Crippen LogP contribution in [-0.4, -0.2) is 12.6 Å². The molecule has 0 bridgehead atoms. The summed E-state index contributed by atoms with van der Waals surface area (Å²) in [6.45, 7) is 10.0. The zero-order chi connectivity index (χ0) is 14.4. The van der Waals surface area contributed by atoms with Crippen molar-refractivity contribution in [2.75, 3.05) is 11.4 Å². The Morgan fingerprint density at radius 1 is 1.16 bits per heavy atom. The van der Waals surface area contributed by atoms with E-state index in [-0.39, 0.29) is 0 Å². The number of halogens is 2. The van der Waals surface area contributed by atoms with Crippen LogP contribution >= 0.6 is 23.2 Å². The van der Waals surface area contributed by atoms with Gasteiger partial charge in [0.2, 0.25) is 0 Å². The van der Waals surface area contributed by atoms with Gasteiger partial charge in [-0.25, -0.2) is 0 Å². The minimum Gasteiger partial charge on any atom is -0.367 e. The molecule has 0 N–H and O–H groups in total. The molecule has 1 rings (SSSR count). The molecule has 0 amide bonds. The Morgan fingerprint density at radius 3 is 2.21 bits per heavy atom. The topological polar surface area (TPSA) is 3.24 Å². The van der Waals surface area contributed by atoms with Crippen LogP contribution in [0.15, 0.2) is 18.2 Å². The second-order valence-corrected chi connectivity index (χ2v) is 6.11. The molecule has 0 spiro atoms. The van der Waals surface area contributed by atoms with Crippen molar-refractivity contribution in [3.8, 4) is 0 Å². The third-order valence-corrected chi connectivity index (χ3v) is 4.03. The molecule has 1 aromatic rings. The largest absolute Gasteiger partial charge is 0.367 e. The van der Waals surface area contributed by atoms with Crippen LogP contribution in [0.2, 0.25) is 5.02 Å². The highest BCUT2D eigenvalue weighted by Crippen LogP contribution is 2.31. The monoisotopic (exact) mass is 301 g/mol. The molecule has 0 radical (unpaired) electrons. The normalized spacial score (nSPS) is 11.4. The van der Waals surface area contributed by atoms with E-state index in [0.29, 0.717) is 17.8 Å². The molecule has 0 aliphatic heterocycles. The molecule has 0 aliphatic carbocycles. The fourth-order valence-electron chi connectivity index (χ4n) is 2.43. The summed E-state index contributed by atoms with van der Waals surface area (Å²) in [6.07, 6.45) is 2.27. The number of rotatable bonds is 7. The molecular weight excluding hydrogens is 277 g/mol. The summed E-state index contributed by atoms with van der Waals surface area (Å²) in [4.78, 5) is 2.45. The van der Waals surface area contributed by atoms with Crippen LogP contribution in [0.3, 0.4) is 0 Å². The van der Waals surface area contributed by atoms with Crippen molar-refractivity contribution in [1.29, 1.82) is 0 Å². The van der Waals surface area contributed by atoms with Crippen molar-refractivity contribution in [3.63, 3.8) is 0 Å². The smallest absolute Gasteiger partial charge is 0.0642 e. The predicted octanol–water partition coefficient (Wildman–Crippen LogP) is 5.73. The lowest BCUT2D eigenvalue weighted by Gasteiger charge is -2.35. The Bertz CT molecular complexity index is 386. The molecule has 0 atom stereocenters. The van der Waals surface area contributed by atoms with Crippen LogP contribution in [0.4, 0.5) is 5.69 Å². The van der Waals surface area contributed by atoms with Gasteiger partial charge in [-0.2, -0.15) is 0 Å². The van der Waals surface area contributed by atoms with E-state index in [1.54, 1.807) is 0 Å². The molecule has 3 heteroatoms. The summed E-state index contributed by atoms with van der Waals surface area (Å²) in [5.74, 6) is 1.12. The Morgan fingerprint density at radius 2 is 1.79 bits per heavy atom. The van der Waals surface area contributed by atoms with Gasteiger partial charge < -0.3 is 4.90 Å². The third kappa shape index (κ3) is 4.57. The van der Waals surface area contributed by atoms with Gasteiger partial charge >= 0.3 is 0 Å². The zero-order valence-corrected chi connectivity index (χ0v) is 13.9. The van der Waals surface area contributed by atoms with Gasteiger partial charge in [0.15, 0.2) is 0 Å². The molecule has 19 heavy (non-hydrogen) atoms. The van der Waals surface area contributed by atoms with Crippen LogP contribution < -0.4 is 4.90 Å². The maximum atomic E-state index is 6.44. The maximum absolute atomic E-state index is 6.44. The van der Waals surface area contributed by atoms with Crippen LogP contribution in [0.5, 0.6) is 0 Å². The first kappa shape index (κ1) is 16.7. The lowest BCUT2D eigenvalue weighted by Crippen LogP contribution is -2.37. The van der Waals surface area contributed by atoms with Gasteiger partial charge in [0, 0.05) is 18.5 Å². The second kappa shape index (κ2) is 8.01. The van der Waals surface area contributed by atoms with E-state index in [2.05, 4.69) is 44.7 Å². The van der Waals surface area contributed by atoms with E-state index in [1.165, 1.54) is 0 Å². The molecular formula is C16H25Cl2N. The molecule has 0 fully saturated rings. The summed E-state index contributed by atoms with van der Waals surface area (Å²) in [5.41, 5.74) is 2.21. The first-order chi connectivity index (χ1) is 9.03. The average Bonchev–Trinajstić information content (AvgIpc) is 2.38. The van der Waals surface area contributed by atoms with Gasteiger partial charge in [0.1, 0.15) is 0 Å². The number of hydrogen-bond acceptors (Lipinski definition) is 1. The number of anilines is 1. The number of nitrogens with zero attached hydrogens (tertiary/aromatic N) is 1. The summed E-state index contributed by atoms with van der Waals surface area (Å²) in [7, 11) is 0. The molecule has 0 aliphatic rings. The van der Waals surface area contributed by atoms with Gasteiger partial charge in [-0.15, -0.1) is 11.6 Å². The van der Waals surface area contributed by atoms with E-state index in [1.807, 2.05) is 6.07 Å². The molecule has 1 aromatic carbocycles. The highest BCUT2D eigenvalue weighted by atomic mass is 35.5. The fourth-order valence-corrected chi connectivity index (χ4v) is 2.91. The summed E-state index contributed by atoms with van der Waals surface area (Å²) in [6, 6.07) is 6.71. The lowest BCUT2D eigenvalue weighted by atomic mass is 10.1. The molecule has 0 heterocycles. The SMILES string of the molecule is CCC(CC)N(CC(C)C)c1ccc(CCl)cc1Cl. The Labute approximate surface area is 127 Å². The average molecular weight is 302 g/mol. The van der Waals surface area contributed by atoms with Crippen LogP contribution in [-0.2, 0) is 5.88 Å². The van der Waals surface area contributed by atoms with E-state index >= 15 is 0 Å². The van der Waals surface area contributed by atoms with Gasteiger partial charge in [0.05, 0.1) is 10.7 Å². The summed E-state index contributed by atoms with van der Waals surface area (Å²) < 4.78 is 0. The highest BCUT2D eigenvalue weighted by molar-refractivity contribution is 6.33. The van der Waals surface area contributed by atoms with E-state index in [0.717, 1.165) is 35.7 Å². The fraction of sp³-hybridized carbons (Fsp3) is 0.625. The lowest BCUT2D eigenvalue weighted by molar-refractivity contribution is 0.507. The molecule has 108 valence electrons. The van der Waals surface area contributed by atoms with Crippen LogP contribution in [0, 0.1) is 5.92 Å². The van der Waals surface area contributed by atoms with Crippen molar-refractivity contribution in [3.05, 3.63) is 28.8 Å². The van der Waals surface area contributed by atoms with Gasteiger partial charge in [-0.05, 0) is 36.5 Å². The molecule has 1 nitrogen and oxygen atoms in total. The summed E-state index contributed by atoms with van der Waals surface area (Å²) in [5, 5.41) is 0.811. The number of alkyl halides is 1. The summed E-state index contributed by atoms with van der Waals surface area (Å²) >= 11 is 12.3. The van der Waals surface area contributed by atoms with Crippen LogP contribution in [0.25, 0.3) is 0 Å². The minimum atomic E-state index is 0.509. The first-order valence-electron chi connectivity index (χ1n) is 7.14. The number of hydrogen-bond donors (Lipinski definition) is 0. The standard InChI is InChI=1S/C16H25Cl2N/c1-5-14(6-2)19(11-12(3)4)16-8-7-13(10-17)9-15(16)18/h7-9,12,14H,5-6,10-11H2,1-4H3. The second-order valence-electron chi connectivity index (χ2n) is 5.44. The Kier molecular flexibility index (Phi) is 7.02. The third-order valence-electron chi connectivity index (χ3n) is 3.42. The first-order valence-corrected chi connectivity index (χ1v) is 8.05. The van der Waals surface area contributed by atoms with Gasteiger partial charge in [-0.1, -0.05) is 45.4 Å². The molecule has 0 saturated carbocycles. The Hall–Kier alpha value is -0.400. The van der Waals surface area contributed by atoms with Crippen molar-refractivity contribution in [2.45, 2.75) is 52.5 Å². The van der Waals surface area contributed by atoms with Crippen molar-refractivity contribution in [1.82, 2.24) is 0 Å². The Balaban J connectivity index is 3.09. The van der Waals surface area contributed by atoms with Crippen molar-refractivity contribution in [2.24, 2.45) is 5.92 Å². The van der Waals surface area contributed by atoms with Crippen molar-refractivity contribution < 1.29 is 0 Å². The quantitative estimate of drug-likeness (QED) is 0.581. The maximum Gasteiger partial charge on any atom is 0.0642 e. The molecule has 0 saturated heterocycles. The molecule has 0 aromatic heterocycles. The minimum absolute atomic E-state index is 0.509. The zero-order valence-electron chi connectivity index (χ0n) is 12.4. The molecule has 0 unspecified atom stereocenters. The van der Waals surface area contributed by atoms with Gasteiger partial charge in [-0.3, -0.25) is 0 Å². The van der Waals surface area contributed by atoms with Crippen LogP contribution in [0.1, 0.15) is 46.1 Å².